The molecule has 3 rings (SSSR count). The fraction of sp³-hybridized carbons (Fsp3) is 0.0909. The highest BCUT2D eigenvalue weighted by atomic mass is 19.4. The Morgan fingerprint density at radius 2 is 1.71 bits per heavy atom. The molecule has 6 heteroatoms. The number of rotatable bonds is 0. The zero-order valence-electron chi connectivity index (χ0n) is 8.44. The standard InChI is InChI=1S/C11H6F3N3/c12-11(13,14)10-16-15-9-6-5-7-3-1-2-4-8(7)17(9)10/h1-6H. The van der Waals surface area contributed by atoms with Crippen LogP contribution in [0.1, 0.15) is 5.82 Å². The van der Waals surface area contributed by atoms with Crippen LogP contribution in [0.3, 0.4) is 0 Å². The summed E-state index contributed by atoms with van der Waals surface area (Å²) >= 11 is 0. The van der Waals surface area contributed by atoms with Gasteiger partial charge >= 0.3 is 6.18 Å². The van der Waals surface area contributed by atoms with E-state index in [9.17, 15) is 13.2 Å². The van der Waals surface area contributed by atoms with Gasteiger partial charge in [-0.25, -0.2) is 0 Å². The van der Waals surface area contributed by atoms with Crippen molar-refractivity contribution in [3.8, 4) is 0 Å². The van der Waals surface area contributed by atoms with Gasteiger partial charge in [-0.3, -0.25) is 4.40 Å². The van der Waals surface area contributed by atoms with Crippen molar-refractivity contribution in [2.75, 3.05) is 0 Å². The van der Waals surface area contributed by atoms with E-state index in [0.717, 1.165) is 4.40 Å². The van der Waals surface area contributed by atoms with Crippen molar-refractivity contribution in [1.82, 2.24) is 14.6 Å². The first-order valence-electron chi connectivity index (χ1n) is 4.87. The number of benzene rings is 1. The Morgan fingerprint density at radius 1 is 0.941 bits per heavy atom. The van der Waals surface area contributed by atoms with Crippen molar-refractivity contribution in [2.24, 2.45) is 0 Å². The fourth-order valence-corrected chi connectivity index (χ4v) is 1.82. The molecule has 0 fully saturated rings. The second kappa shape index (κ2) is 3.19. The lowest BCUT2D eigenvalue weighted by Gasteiger charge is -2.06. The molecule has 2 aromatic heterocycles. The molecule has 1 aromatic carbocycles. The summed E-state index contributed by atoms with van der Waals surface area (Å²) in [5.74, 6) is -0.996. The Balaban J connectivity index is 2.51. The van der Waals surface area contributed by atoms with Gasteiger partial charge in [0, 0.05) is 0 Å². The summed E-state index contributed by atoms with van der Waals surface area (Å²) in [4.78, 5) is 0. The molecule has 0 spiro atoms. The topological polar surface area (TPSA) is 30.2 Å². The third-order valence-electron chi connectivity index (χ3n) is 2.53. The van der Waals surface area contributed by atoms with E-state index in [1.165, 1.54) is 6.07 Å². The lowest BCUT2D eigenvalue weighted by Crippen LogP contribution is -2.11. The van der Waals surface area contributed by atoms with E-state index in [2.05, 4.69) is 10.2 Å². The number of halogens is 3. The number of aromatic nitrogens is 3. The van der Waals surface area contributed by atoms with Gasteiger partial charge < -0.3 is 0 Å². The number of para-hydroxylation sites is 1. The molecule has 0 amide bonds. The molecule has 0 aliphatic carbocycles. The summed E-state index contributed by atoms with van der Waals surface area (Å²) in [6.45, 7) is 0. The van der Waals surface area contributed by atoms with Crippen LogP contribution in [0.25, 0.3) is 16.6 Å². The lowest BCUT2D eigenvalue weighted by atomic mass is 10.2. The first kappa shape index (κ1) is 10.1. The van der Waals surface area contributed by atoms with Gasteiger partial charge in [0.15, 0.2) is 5.65 Å². The molecule has 0 saturated carbocycles. The van der Waals surface area contributed by atoms with Crippen LogP contribution in [0.4, 0.5) is 13.2 Å². The largest absolute Gasteiger partial charge is 0.452 e. The molecule has 0 radical (unpaired) electrons. The summed E-state index contributed by atoms with van der Waals surface area (Å²) in [6.07, 6.45) is -4.51. The van der Waals surface area contributed by atoms with Gasteiger partial charge in [-0.1, -0.05) is 18.2 Å². The van der Waals surface area contributed by atoms with Crippen LogP contribution in [0.15, 0.2) is 36.4 Å². The normalized spacial score (nSPS) is 12.4. The predicted octanol–water partition coefficient (Wildman–Crippen LogP) is 2.90. The van der Waals surface area contributed by atoms with Gasteiger partial charge in [0.2, 0.25) is 5.82 Å². The highest BCUT2D eigenvalue weighted by Crippen LogP contribution is 2.29. The molecule has 0 atom stereocenters. The van der Waals surface area contributed by atoms with E-state index in [-0.39, 0.29) is 5.65 Å². The molecular formula is C11H6F3N3. The summed E-state index contributed by atoms with van der Waals surface area (Å²) in [7, 11) is 0. The molecule has 3 nitrogen and oxygen atoms in total. The maximum Gasteiger partial charge on any atom is 0.452 e. The quantitative estimate of drug-likeness (QED) is 0.601. The van der Waals surface area contributed by atoms with Crippen molar-refractivity contribution in [3.05, 3.63) is 42.2 Å². The number of fused-ring (bicyclic) bond motifs is 3. The molecule has 86 valence electrons. The molecule has 0 unspecified atom stereocenters. The Labute approximate surface area is 93.5 Å². The van der Waals surface area contributed by atoms with Crippen molar-refractivity contribution in [3.63, 3.8) is 0 Å². The van der Waals surface area contributed by atoms with Gasteiger partial charge in [0.1, 0.15) is 0 Å². The van der Waals surface area contributed by atoms with Gasteiger partial charge in [-0.05, 0) is 23.6 Å². The van der Waals surface area contributed by atoms with E-state index in [4.69, 9.17) is 0 Å². The minimum absolute atomic E-state index is 0.191. The fourth-order valence-electron chi connectivity index (χ4n) is 1.82. The Bertz CT molecular complexity index is 700. The molecule has 0 bridgehead atoms. The van der Waals surface area contributed by atoms with Gasteiger partial charge in [0.25, 0.3) is 0 Å². The smallest absolute Gasteiger partial charge is 0.271 e. The minimum Gasteiger partial charge on any atom is -0.271 e. The van der Waals surface area contributed by atoms with Crippen LogP contribution in [-0.2, 0) is 6.18 Å². The van der Waals surface area contributed by atoms with Crippen LogP contribution in [-0.4, -0.2) is 14.6 Å². The zero-order chi connectivity index (χ0) is 12.0. The highest BCUT2D eigenvalue weighted by Gasteiger charge is 2.37. The second-order valence-electron chi connectivity index (χ2n) is 3.61. The van der Waals surface area contributed by atoms with E-state index in [0.29, 0.717) is 10.9 Å². The molecule has 3 aromatic rings. The van der Waals surface area contributed by atoms with Crippen molar-refractivity contribution in [1.29, 1.82) is 0 Å². The van der Waals surface area contributed by atoms with Crippen LogP contribution < -0.4 is 0 Å². The van der Waals surface area contributed by atoms with Crippen LogP contribution in [0, 0.1) is 0 Å². The van der Waals surface area contributed by atoms with Gasteiger partial charge in [0.05, 0.1) is 5.52 Å². The molecule has 0 aliphatic heterocycles. The highest BCUT2D eigenvalue weighted by molar-refractivity contribution is 5.81. The number of nitrogens with zero attached hydrogens (tertiary/aromatic N) is 3. The van der Waals surface area contributed by atoms with E-state index < -0.39 is 12.0 Å². The Morgan fingerprint density at radius 3 is 2.47 bits per heavy atom. The molecule has 17 heavy (non-hydrogen) atoms. The lowest BCUT2D eigenvalue weighted by molar-refractivity contribution is -0.145. The van der Waals surface area contributed by atoms with Crippen LogP contribution >= 0.6 is 0 Å². The average Bonchev–Trinajstić information content (AvgIpc) is 2.72. The number of pyridine rings is 1. The average molecular weight is 237 g/mol. The molecular weight excluding hydrogens is 231 g/mol. The van der Waals surface area contributed by atoms with Crippen molar-refractivity contribution >= 4 is 16.6 Å². The van der Waals surface area contributed by atoms with Crippen molar-refractivity contribution < 1.29 is 13.2 Å². The third-order valence-corrected chi connectivity index (χ3v) is 2.53. The Hall–Kier alpha value is -2.11. The maximum absolute atomic E-state index is 12.8. The first-order chi connectivity index (χ1) is 8.07. The van der Waals surface area contributed by atoms with Crippen LogP contribution in [0.5, 0.6) is 0 Å². The Kier molecular flexibility index (Phi) is 1.89. The SMILES string of the molecule is FC(F)(F)c1nnc2ccc3ccccc3n12. The molecule has 0 N–H and O–H groups in total. The van der Waals surface area contributed by atoms with Gasteiger partial charge in [-0.2, -0.15) is 13.2 Å². The van der Waals surface area contributed by atoms with Crippen LogP contribution in [0.2, 0.25) is 0 Å². The maximum atomic E-state index is 12.8. The predicted molar refractivity (Wildman–Crippen MR) is 55.5 cm³/mol. The number of hydrogen-bond donors (Lipinski definition) is 0. The summed E-state index contributed by atoms with van der Waals surface area (Å²) in [6, 6.07) is 10.0. The van der Waals surface area contributed by atoms with Gasteiger partial charge in [-0.15, -0.1) is 10.2 Å². The number of alkyl halides is 3. The second-order valence-corrected chi connectivity index (χ2v) is 3.61. The minimum atomic E-state index is -4.51. The zero-order valence-corrected chi connectivity index (χ0v) is 8.44. The summed E-state index contributed by atoms with van der Waals surface area (Å²) < 4.78 is 39.3. The summed E-state index contributed by atoms with van der Waals surface area (Å²) in [5.41, 5.74) is 0.637. The monoisotopic (exact) mass is 237 g/mol. The number of hydrogen-bond acceptors (Lipinski definition) is 2. The van der Waals surface area contributed by atoms with Crippen molar-refractivity contribution in [2.45, 2.75) is 6.18 Å². The molecule has 0 saturated heterocycles. The van der Waals surface area contributed by atoms with E-state index in [1.807, 2.05) is 0 Å². The molecule has 2 heterocycles. The van der Waals surface area contributed by atoms with E-state index in [1.54, 1.807) is 30.3 Å². The molecule has 0 aliphatic rings. The third kappa shape index (κ3) is 1.44. The van der Waals surface area contributed by atoms with E-state index >= 15 is 0 Å². The summed E-state index contributed by atoms with van der Waals surface area (Å²) in [5, 5.41) is 7.45. The first-order valence-corrected chi connectivity index (χ1v) is 4.87.